The Hall–Kier alpha value is -1.11. The van der Waals surface area contributed by atoms with E-state index in [0.29, 0.717) is 12.1 Å². The molecule has 0 aromatic carbocycles. The number of aromatic nitrogens is 2. The summed E-state index contributed by atoms with van der Waals surface area (Å²) in [5.74, 6) is 1.11. The van der Waals surface area contributed by atoms with Crippen molar-refractivity contribution in [2.75, 3.05) is 18.6 Å². The van der Waals surface area contributed by atoms with E-state index in [2.05, 4.69) is 40.2 Å². The van der Waals surface area contributed by atoms with E-state index in [1.807, 2.05) is 0 Å². The van der Waals surface area contributed by atoms with Gasteiger partial charge in [0.1, 0.15) is 0 Å². The first-order chi connectivity index (χ1) is 10.2. The van der Waals surface area contributed by atoms with Crippen LogP contribution in [0.1, 0.15) is 31.9 Å². The van der Waals surface area contributed by atoms with Gasteiger partial charge >= 0.3 is 0 Å². The molecule has 1 saturated heterocycles. The third kappa shape index (κ3) is 2.45. The quantitative estimate of drug-likeness (QED) is 0.920. The summed E-state index contributed by atoms with van der Waals surface area (Å²) in [6.07, 6.45) is 6.11. The molecular formula is C15H22N4OS. The maximum absolute atomic E-state index is 5.72. The largest absolute Gasteiger partial charge is 0.376 e. The van der Waals surface area contributed by atoms with Crippen LogP contribution in [-0.2, 0) is 11.3 Å². The van der Waals surface area contributed by atoms with Gasteiger partial charge in [-0.15, -0.1) is 11.3 Å². The van der Waals surface area contributed by atoms with Crippen molar-refractivity contribution in [1.82, 2.24) is 14.7 Å². The molecule has 2 unspecified atom stereocenters. The molecule has 1 saturated carbocycles. The van der Waals surface area contributed by atoms with Crippen LogP contribution in [0.2, 0.25) is 0 Å². The molecule has 3 heterocycles. The lowest BCUT2D eigenvalue weighted by Gasteiger charge is -2.27. The molecule has 0 radical (unpaired) electrons. The Morgan fingerprint density at radius 3 is 3.05 bits per heavy atom. The first-order valence-electron chi connectivity index (χ1n) is 7.76. The lowest BCUT2D eigenvalue weighted by Crippen LogP contribution is -2.37. The maximum Gasteiger partial charge on any atom is 0.195 e. The van der Waals surface area contributed by atoms with Crippen LogP contribution in [0.15, 0.2) is 11.6 Å². The van der Waals surface area contributed by atoms with Crippen LogP contribution >= 0.6 is 11.3 Å². The van der Waals surface area contributed by atoms with Gasteiger partial charge in [0.05, 0.1) is 17.8 Å². The predicted molar refractivity (Wildman–Crippen MR) is 85.2 cm³/mol. The first kappa shape index (κ1) is 13.5. The molecule has 2 aliphatic rings. The number of thiazole rings is 1. The summed E-state index contributed by atoms with van der Waals surface area (Å²) < 4.78 is 7.95. The molecule has 0 spiro atoms. The number of anilines is 1. The van der Waals surface area contributed by atoms with Gasteiger partial charge in [0.2, 0.25) is 0 Å². The van der Waals surface area contributed by atoms with E-state index < -0.39 is 0 Å². The molecule has 0 amide bonds. The van der Waals surface area contributed by atoms with E-state index in [-0.39, 0.29) is 6.10 Å². The molecule has 2 aromatic heterocycles. The summed E-state index contributed by atoms with van der Waals surface area (Å²) in [4.78, 5) is 8.26. The Morgan fingerprint density at radius 1 is 1.48 bits per heavy atom. The van der Waals surface area contributed by atoms with Crippen LogP contribution in [0.25, 0.3) is 4.96 Å². The molecule has 6 heteroatoms. The lowest BCUT2D eigenvalue weighted by atomic mass is 10.1. The van der Waals surface area contributed by atoms with Gasteiger partial charge in [-0.25, -0.2) is 4.98 Å². The maximum atomic E-state index is 5.72. The molecule has 4 rings (SSSR count). The van der Waals surface area contributed by atoms with Crippen LogP contribution in [0.5, 0.6) is 0 Å². The zero-order valence-electron chi connectivity index (χ0n) is 12.6. The van der Waals surface area contributed by atoms with Gasteiger partial charge in [-0.05, 0) is 26.2 Å². The molecule has 1 N–H and O–H groups in total. The smallest absolute Gasteiger partial charge is 0.195 e. The highest BCUT2D eigenvalue weighted by atomic mass is 32.1. The first-order valence-corrected chi connectivity index (χ1v) is 8.64. The van der Waals surface area contributed by atoms with E-state index in [0.717, 1.165) is 30.4 Å². The molecule has 5 nitrogen and oxygen atoms in total. The van der Waals surface area contributed by atoms with Gasteiger partial charge in [-0.1, -0.05) is 0 Å². The third-order valence-corrected chi connectivity index (χ3v) is 5.40. The molecule has 2 fully saturated rings. The second-order valence-electron chi connectivity index (χ2n) is 6.14. The van der Waals surface area contributed by atoms with E-state index in [9.17, 15) is 0 Å². The second-order valence-corrected chi connectivity index (χ2v) is 7.01. The number of ether oxygens (including phenoxy) is 1. The number of nitrogens with zero attached hydrogens (tertiary/aromatic N) is 3. The van der Waals surface area contributed by atoms with Crippen LogP contribution in [0.3, 0.4) is 0 Å². The Balaban J connectivity index is 1.65. The van der Waals surface area contributed by atoms with Crippen LogP contribution in [-0.4, -0.2) is 41.2 Å². The van der Waals surface area contributed by atoms with Gasteiger partial charge in [0, 0.05) is 37.8 Å². The fraction of sp³-hybridized carbons (Fsp3) is 0.667. The van der Waals surface area contributed by atoms with Crippen molar-refractivity contribution < 1.29 is 4.74 Å². The molecule has 114 valence electrons. The van der Waals surface area contributed by atoms with Gasteiger partial charge < -0.3 is 15.0 Å². The highest BCUT2D eigenvalue weighted by Crippen LogP contribution is 2.30. The molecule has 1 aliphatic carbocycles. The molecular weight excluding hydrogens is 284 g/mol. The Kier molecular flexibility index (Phi) is 3.40. The highest BCUT2D eigenvalue weighted by Gasteiger charge is 2.31. The lowest BCUT2D eigenvalue weighted by molar-refractivity contribution is 0.118. The Labute approximate surface area is 128 Å². The van der Waals surface area contributed by atoms with Gasteiger partial charge in [0.15, 0.2) is 10.8 Å². The SMILES string of the molecule is CC1OCCC1N(C)c1nc2sccn2c1CNC1CC1. The Morgan fingerprint density at radius 2 is 2.33 bits per heavy atom. The number of fused-ring (bicyclic) bond motifs is 1. The highest BCUT2D eigenvalue weighted by molar-refractivity contribution is 7.15. The van der Waals surface area contributed by atoms with E-state index in [1.165, 1.54) is 18.5 Å². The van der Waals surface area contributed by atoms with Crippen molar-refractivity contribution in [1.29, 1.82) is 0 Å². The average Bonchev–Trinajstić information content (AvgIpc) is 2.87. The van der Waals surface area contributed by atoms with E-state index >= 15 is 0 Å². The van der Waals surface area contributed by atoms with E-state index in [1.54, 1.807) is 11.3 Å². The number of likely N-dealkylation sites (N-methyl/N-ethyl adjacent to an activating group) is 1. The van der Waals surface area contributed by atoms with Crippen molar-refractivity contribution in [2.24, 2.45) is 0 Å². The summed E-state index contributed by atoms with van der Waals surface area (Å²) >= 11 is 1.70. The van der Waals surface area contributed by atoms with Crippen LogP contribution in [0, 0.1) is 0 Å². The minimum Gasteiger partial charge on any atom is -0.376 e. The third-order valence-electron chi connectivity index (χ3n) is 4.64. The zero-order chi connectivity index (χ0) is 14.4. The summed E-state index contributed by atoms with van der Waals surface area (Å²) in [5.41, 5.74) is 1.28. The van der Waals surface area contributed by atoms with Crippen molar-refractivity contribution in [3.05, 3.63) is 17.3 Å². The monoisotopic (exact) mass is 306 g/mol. The minimum atomic E-state index is 0.277. The van der Waals surface area contributed by atoms with Crippen molar-refractivity contribution in [2.45, 2.75) is 50.9 Å². The topological polar surface area (TPSA) is 41.8 Å². The van der Waals surface area contributed by atoms with Gasteiger partial charge in [-0.2, -0.15) is 0 Å². The molecule has 1 aliphatic heterocycles. The molecule has 0 bridgehead atoms. The fourth-order valence-corrected chi connectivity index (χ4v) is 3.91. The summed E-state index contributed by atoms with van der Waals surface area (Å²) in [6.45, 7) is 3.91. The molecule has 21 heavy (non-hydrogen) atoms. The number of hydrogen-bond donors (Lipinski definition) is 1. The fourth-order valence-electron chi connectivity index (χ4n) is 3.18. The van der Waals surface area contributed by atoms with Crippen LogP contribution < -0.4 is 10.2 Å². The van der Waals surface area contributed by atoms with Crippen molar-refractivity contribution in [3.8, 4) is 0 Å². The van der Waals surface area contributed by atoms with Crippen molar-refractivity contribution in [3.63, 3.8) is 0 Å². The number of nitrogens with one attached hydrogen (secondary N) is 1. The summed E-state index contributed by atoms with van der Waals surface area (Å²) in [6, 6.07) is 1.13. The van der Waals surface area contributed by atoms with Gasteiger partial charge in [-0.3, -0.25) is 4.40 Å². The van der Waals surface area contributed by atoms with Crippen molar-refractivity contribution >= 4 is 22.1 Å². The van der Waals surface area contributed by atoms with Gasteiger partial charge in [0.25, 0.3) is 0 Å². The minimum absolute atomic E-state index is 0.277. The van der Waals surface area contributed by atoms with Crippen LogP contribution in [0.4, 0.5) is 5.82 Å². The standard InChI is InChI=1S/C15H22N4OS/c1-10-12(5-7-20-10)18(2)14-13(9-16-11-3-4-11)19-6-8-21-15(19)17-14/h6,8,10-12,16H,3-5,7,9H2,1-2H3. The number of imidazole rings is 1. The number of hydrogen-bond acceptors (Lipinski definition) is 5. The zero-order valence-corrected chi connectivity index (χ0v) is 13.4. The van der Waals surface area contributed by atoms with E-state index in [4.69, 9.17) is 9.72 Å². The summed E-state index contributed by atoms with van der Waals surface area (Å²) in [7, 11) is 2.16. The predicted octanol–water partition coefficient (Wildman–Crippen LogP) is 2.26. The Bertz CT molecular complexity index is 633. The molecule has 2 aromatic rings. The number of rotatable bonds is 5. The summed E-state index contributed by atoms with van der Waals surface area (Å²) in [5, 5.41) is 5.73. The molecule has 2 atom stereocenters. The normalized spacial score (nSPS) is 25.8. The average molecular weight is 306 g/mol. The second kappa shape index (κ2) is 5.26.